The highest BCUT2D eigenvalue weighted by Crippen LogP contribution is 2.30. The van der Waals surface area contributed by atoms with Gasteiger partial charge in [0, 0.05) is 12.2 Å². The van der Waals surface area contributed by atoms with E-state index in [1.54, 1.807) is 37.3 Å². The Balaban J connectivity index is 1.95. The molecule has 0 spiro atoms. The van der Waals surface area contributed by atoms with Crippen molar-refractivity contribution in [3.05, 3.63) is 76.7 Å². The van der Waals surface area contributed by atoms with E-state index in [1.807, 2.05) is 0 Å². The molecule has 0 atom stereocenters. The number of benzene rings is 2. The third kappa shape index (κ3) is 4.16. The first-order valence-corrected chi connectivity index (χ1v) is 10.5. The molecule has 6 nitrogen and oxygen atoms in total. The number of carbonyl (C=O) groups is 1. The smallest absolute Gasteiger partial charge is 0.291 e. The van der Waals surface area contributed by atoms with Gasteiger partial charge in [0.15, 0.2) is 11.0 Å². The number of anilines is 2. The van der Waals surface area contributed by atoms with Gasteiger partial charge in [0.2, 0.25) is 0 Å². The zero-order valence-electron chi connectivity index (χ0n) is 14.7. The Bertz CT molecular complexity index is 1100. The van der Waals surface area contributed by atoms with Crippen molar-refractivity contribution in [2.75, 3.05) is 16.2 Å². The van der Waals surface area contributed by atoms with Crippen molar-refractivity contribution in [1.82, 2.24) is 0 Å². The van der Waals surface area contributed by atoms with Crippen LogP contribution < -0.4 is 9.62 Å². The van der Waals surface area contributed by atoms with Crippen LogP contribution in [-0.2, 0) is 10.0 Å². The van der Waals surface area contributed by atoms with Crippen LogP contribution in [0.3, 0.4) is 0 Å². The first kappa shape index (κ1) is 20.3. The molecule has 0 bridgehead atoms. The molecule has 1 N–H and O–H groups in total. The molecule has 0 unspecified atom stereocenters. The molecule has 0 aliphatic carbocycles. The Morgan fingerprint density at radius 3 is 2.39 bits per heavy atom. The molecule has 3 rings (SSSR count). The first-order valence-electron chi connectivity index (χ1n) is 8.27. The fourth-order valence-electron chi connectivity index (χ4n) is 2.61. The Hall–Kier alpha value is -2.48. The van der Waals surface area contributed by atoms with E-state index >= 15 is 0 Å². The van der Waals surface area contributed by atoms with Crippen molar-refractivity contribution in [2.45, 2.75) is 11.8 Å². The lowest BCUT2D eigenvalue weighted by Gasteiger charge is -2.23. The fraction of sp³-hybridized carbons (Fsp3) is 0.105. The van der Waals surface area contributed by atoms with Crippen molar-refractivity contribution < 1.29 is 17.6 Å². The lowest BCUT2D eigenvalue weighted by atomic mass is 10.3. The molecule has 146 valence electrons. The number of amides is 1. The molecule has 1 amide bonds. The molecule has 0 aliphatic heterocycles. The molecule has 2 aromatic carbocycles. The average Bonchev–Trinajstić information content (AvgIpc) is 3.11. The highest BCUT2D eigenvalue weighted by molar-refractivity contribution is 7.93. The minimum Gasteiger partial charge on any atom is -0.440 e. The van der Waals surface area contributed by atoms with Gasteiger partial charge in [-0.3, -0.25) is 9.10 Å². The van der Waals surface area contributed by atoms with Crippen molar-refractivity contribution in [2.24, 2.45) is 0 Å². The predicted molar refractivity (Wildman–Crippen MR) is 110 cm³/mol. The number of hydrogen-bond acceptors (Lipinski definition) is 4. The van der Waals surface area contributed by atoms with Crippen LogP contribution in [0.5, 0.6) is 0 Å². The summed E-state index contributed by atoms with van der Waals surface area (Å²) in [4.78, 5) is 12.1. The second-order valence-electron chi connectivity index (χ2n) is 5.71. The zero-order valence-corrected chi connectivity index (χ0v) is 17.1. The molecule has 0 saturated heterocycles. The van der Waals surface area contributed by atoms with E-state index in [4.69, 9.17) is 27.6 Å². The summed E-state index contributed by atoms with van der Waals surface area (Å²) in [6.07, 6.45) is 0. The standard InChI is InChI=1S/C19H16Cl2N2O4S/c1-2-23(14-6-4-3-5-7-14)28(25,26)17-12-13(8-9-15(17)20)22-19(24)16-10-11-18(21)27-16/h3-12H,2H2,1H3,(H,22,24). The monoisotopic (exact) mass is 438 g/mol. The SMILES string of the molecule is CCN(c1ccccc1)S(=O)(=O)c1cc(NC(=O)c2ccc(Cl)o2)ccc1Cl. The highest BCUT2D eigenvalue weighted by atomic mass is 35.5. The third-order valence-electron chi connectivity index (χ3n) is 3.89. The van der Waals surface area contributed by atoms with E-state index in [2.05, 4.69) is 5.32 Å². The summed E-state index contributed by atoms with van der Waals surface area (Å²) < 4.78 is 32.7. The van der Waals surface area contributed by atoms with E-state index in [1.165, 1.54) is 34.6 Å². The van der Waals surface area contributed by atoms with Gasteiger partial charge in [-0.15, -0.1) is 0 Å². The Labute approximate surface area is 172 Å². The Morgan fingerprint density at radius 2 is 1.79 bits per heavy atom. The van der Waals surface area contributed by atoms with Gasteiger partial charge >= 0.3 is 0 Å². The number of rotatable bonds is 6. The summed E-state index contributed by atoms with van der Waals surface area (Å²) in [5.41, 5.74) is 0.769. The van der Waals surface area contributed by atoms with Crippen molar-refractivity contribution in [3.8, 4) is 0 Å². The fourth-order valence-corrected chi connectivity index (χ4v) is 4.74. The third-order valence-corrected chi connectivity index (χ3v) is 6.47. The van der Waals surface area contributed by atoms with Crippen molar-refractivity contribution in [1.29, 1.82) is 0 Å². The van der Waals surface area contributed by atoms with Gasteiger partial charge in [-0.25, -0.2) is 8.42 Å². The number of carbonyl (C=O) groups excluding carboxylic acids is 1. The predicted octanol–water partition coefficient (Wildman–Crippen LogP) is 5.05. The minimum atomic E-state index is -3.95. The van der Waals surface area contributed by atoms with Gasteiger partial charge in [0.1, 0.15) is 4.90 Å². The summed E-state index contributed by atoms with van der Waals surface area (Å²) in [7, 11) is -3.95. The van der Waals surface area contributed by atoms with E-state index in [9.17, 15) is 13.2 Å². The molecule has 28 heavy (non-hydrogen) atoms. The lowest BCUT2D eigenvalue weighted by molar-refractivity contribution is 0.0996. The normalized spacial score (nSPS) is 11.2. The Kier molecular flexibility index (Phi) is 5.98. The second-order valence-corrected chi connectivity index (χ2v) is 8.32. The molecule has 1 aromatic heterocycles. The highest BCUT2D eigenvalue weighted by Gasteiger charge is 2.26. The second kappa shape index (κ2) is 8.26. The molecule has 0 fully saturated rings. The lowest BCUT2D eigenvalue weighted by Crippen LogP contribution is -2.31. The van der Waals surface area contributed by atoms with E-state index in [-0.39, 0.29) is 33.1 Å². The molecule has 0 radical (unpaired) electrons. The van der Waals surface area contributed by atoms with Gasteiger partial charge in [-0.1, -0.05) is 29.8 Å². The van der Waals surface area contributed by atoms with E-state index < -0.39 is 15.9 Å². The van der Waals surface area contributed by atoms with Crippen molar-refractivity contribution in [3.63, 3.8) is 0 Å². The zero-order chi connectivity index (χ0) is 20.3. The average molecular weight is 439 g/mol. The molecule has 0 aliphatic rings. The number of hydrogen-bond donors (Lipinski definition) is 1. The number of furan rings is 1. The van der Waals surface area contributed by atoms with Gasteiger partial charge in [-0.2, -0.15) is 0 Å². The van der Waals surface area contributed by atoms with E-state index in [0.29, 0.717) is 5.69 Å². The van der Waals surface area contributed by atoms with Gasteiger partial charge in [-0.05, 0) is 61.0 Å². The number of sulfonamides is 1. The number of nitrogens with one attached hydrogen (secondary N) is 1. The van der Waals surface area contributed by atoms with Crippen LogP contribution in [0.4, 0.5) is 11.4 Å². The maximum atomic E-state index is 13.2. The number of para-hydroxylation sites is 1. The van der Waals surface area contributed by atoms with Gasteiger partial charge in [0.25, 0.3) is 15.9 Å². The maximum absolute atomic E-state index is 13.2. The van der Waals surface area contributed by atoms with Crippen LogP contribution in [0.15, 0.2) is 70.0 Å². The molecule has 3 aromatic rings. The summed E-state index contributed by atoms with van der Waals surface area (Å²) in [6.45, 7) is 1.94. The van der Waals surface area contributed by atoms with Crippen LogP contribution in [0.1, 0.15) is 17.5 Å². The largest absolute Gasteiger partial charge is 0.440 e. The summed E-state index contributed by atoms with van der Waals surface area (Å²) >= 11 is 11.8. The minimum absolute atomic E-state index is 0.00354. The molecule has 1 heterocycles. The quantitative estimate of drug-likeness (QED) is 0.583. The first-order chi connectivity index (χ1) is 13.3. The van der Waals surface area contributed by atoms with Crippen LogP contribution in [0, 0.1) is 0 Å². The molecular formula is C19H16Cl2N2O4S. The topological polar surface area (TPSA) is 79.6 Å². The maximum Gasteiger partial charge on any atom is 0.291 e. The summed E-state index contributed by atoms with van der Waals surface area (Å²) in [5.74, 6) is -0.559. The summed E-state index contributed by atoms with van der Waals surface area (Å²) in [5, 5.41) is 2.70. The van der Waals surface area contributed by atoms with Crippen LogP contribution in [-0.4, -0.2) is 20.9 Å². The number of nitrogens with zero attached hydrogens (tertiary/aromatic N) is 1. The molecular weight excluding hydrogens is 423 g/mol. The van der Waals surface area contributed by atoms with Gasteiger partial charge < -0.3 is 9.73 Å². The van der Waals surface area contributed by atoms with E-state index in [0.717, 1.165) is 0 Å². The van der Waals surface area contributed by atoms with Crippen molar-refractivity contribution >= 4 is 50.5 Å². The summed E-state index contributed by atoms with van der Waals surface area (Å²) in [6, 6.07) is 15.8. The number of halogens is 2. The van der Waals surface area contributed by atoms with Crippen LogP contribution >= 0.6 is 23.2 Å². The Morgan fingerprint density at radius 1 is 1.07 bits per heavy atom. The van der Waals surface area contributed by atoms with Gasteiger partial charge in [0.05, 0.1) is 10.7 Å². The molecule has 0 saturated carbocycles. The van der Waals surface area contributed by atoms with Crippen LogP contribution in [0.25, 0.3) is 0 Å². The van der Waals surface area contributed by atoms with Crippen LogP contribution in [0.2, 0.25) is 10.2 Å². The molecule has 9 heteroatoms.